The van der Waals surface area contributed by atoms with E-state index < -0.39 is 10.0 Å². The summed E-state index contributed by atoms with van der Waals surface area (Å²) in [5.41, 5.74) is 1.71. The molecule has 2 aliphatic rings. The summed E-state index contributed by atoms with van der Waals surface area (Å²) in [7, 11) is -3.84. The van der Waals surface area contributed by atoms with Crippen molar-refractivity contribution in [2.24, 2.45) is 0 Å². The van der Waals surface area contributed by atoms with Gasteiger partial charge in [0.15, 0.2) is 23.0 Å². The molecular weight excluding hydrogens is 472 g/mol. The van der Waals surface area contributed by atoms with E-state index in [-0.39, 0.29) is 17.2 Å². The zero-order valence-corrected chi connectivity index (χ0v) is 19.6. The normalized spacial score (nSPS) is 14.5. The van der Waals surface area contributed by atoms with Gasteiger partial charge in [-0.1, -0.05) is 6.07 Å². The third-order valence-electron chi connectivity index (χ3n) is 5.42. The minimum absolute atomic E-state index is 0.0681. The van der Waals surface area contributed by atoms with E-state index in [1.54, 1.807) is 42.5 Å². The topological polar surface area (TPSA) is 112 Å². The van der Waals surface area contributed by atoms with Crippen LogP contribution in [0.15, 0.2) is 65.6 Å². The van der Waals surface area contributed by atoms with Crippen LogP contribution in [-0.4, -0.2) is 40.8 Å². The van der Waals surface area contributed by atoms with E-state index in [1.807, 2.05) is 6.07 Å². The minimum atomic E-state index is -3.84. The zero-order valence-electron chi connectivity index (χ0n) is 18.8. The molecule has 2 N–H and O–H groups in total. The van der Waals surface area contributed by atoms with Crippen molar-refractivity contribution in [2.75, 3.05) is 36.5 Å². The summed E-state index contributed by atoms with van der Waals surface area (Å²) in [6, 6.07) is 16.4. The number of carbonyl (C=O) groups is 1. The molecule has 35 heavy (non-hydrogen) atoms. The number of rotatable bonds is 6. The number of benzene rings is 3. The Labute approximate surface area is 203 Å². The smallest absolute Gasteiger partial charge is 0.262 e. The molecule has 0 fully saturated rings. The molecule has 2 aliphatic heterocycles. The SMILES string of the molecule is O=C(Cc1ccc2c(c1)OCCO2)Nc1ccc(NS(=O)(=O)c2ccc3c(c2)OCCCO3)cc1. The van der Waals surface area contributed by atoms with E-state index in [0.717, 1.165) is 12.0 Å². The van der Waals surface area contributed by atoms with Gasteiger partial charge in [-0.25, -0.2) is 8.42 Å². The summed E-state index contributed by atoms with van der Waals surface area (Å²) in [5.74, 6) is 2.03. The third-order valence-corrected chi connectivity index (χ3v) is 6.80. The lowest BCUT2D eigenvalue weighted by molar-refractivity contribution is -0.115. The highest BCUT2D eigenvalue weighted by molar-refractivity contribution is 7.92. The van der Waals surface area contributed by atoms with Gasteiger partial charge in [0.2, 0.25) is 5.91 Å². The summed E-state index contributed by atoms with van der Waals surface area (Å²) in [6.07, 6.45) is 0.893. The molecule has 182 valence electrons. The third kappa shape index (κ3) is 5.43. The fraction of sp³-hybridized carbons (Fsp3) is 0.240. The molecule has 0 spiro atoms. The fourth-order valence-corrected chi connectivity index (χ4v) is 4.81. The molecule has 0 radical (unpaired) electrons. The number of nitrogens with one attached hydrogen (secondary N) is 2. The Hall–Kier alpha value is -3.92. The van der Waals surface area contributed by atoms with E-state index in [4.69, 9.17) is 18.9 Å². The average Bonchev–Trinajstić information content (AvgIpc) is 3.10. The van der Waals surface area contributed by atoms with Crippen LogP contribution in [0.1, 0.15) is 12.0 Å². The van der Waals surface area contributed by atoms with E-state index in [2.05, 4.69) is 10.0 Å². The maximum Gasteiger partial charge on any atom is 0.262 e. The van der Waals surface area contributed by atoms with Crippen LogP contribution in [0.4, 0.5) is 11.4 Å². The van der Waals surface area contributed by atoms with Crippen LogP contribution < -0.4 is 29.0 Å². The van der Waals surface area contributed by atoms with Crippen molar-refractivity contribution in [3.8, 4) is 23.0 Å². The van der Waals surface area contributed by atoms with Gasteiger partial charge in [0.1, 0.15) is 13.2 Å². The molecule has 3 aromatic carbocycles. The van der Waals surface area contributed by atoms with Crippen LogP contribution in [0.3, 0.4) is 0 Å². The van der Waals surface area contributed by atoms with Gasteiger partial charge in [-0.2, -0.15) is 0 Å². The molecule has 0 saturated carbocycles. The van der Waals surface area contributed by atoms with E-state index in [9.17, 15) is 13.2 Å². The van der Waals surface area contributed by atoms with Crippen LogP contribution in [0, 0.1) is 0 Å². The number of hydrogen-bond donors (Lipinski definition) is 2. The molecule has 10 heteroatoms. The van der Waals surface area contributed by atoms with Gasteiger partial charge in [-0.15, -0.1) is 0 Å². The molecule has 1 amide bonds. The van der Waals surface area contributed by atoms with Crippen molar-refractivity contribution < 1.29 is 32.2 Å². The molecule has 0 saturated heterocycles. The van der Waals surface area contributed by atoms with Gasteiger partial charge < -0.3 is 24.3 Å². The maximum atomic E-state index is 12.8. The van der Waals surface area contributed by atoms with Crippen LogP contribution in [0.5, 0.6) is 23.0 Å². The Morgan fingerprint density at radius 1 is 0.714 bits per heavy atom. The average molecular weight is 497 g/mol. The van der Waals surface area contributed by atoms with E-state index in [1.165, 1.54) is 12.1 Å². The van der Waals surface area contributed by atoms with Crippen LogP contribution >= 0.6 is 0 Å². The highest BCUT2D eigenvalue weighted by Crippen LogP contribution is 2.33. The van der Waals surface area contributed by atoms with Gasteiger partial charge in [0, 0.05) is 23.9 Å². The quantitative estimate of drug-likeness (QED) is 0.536. The van der Waals surface area contributed by atoms with Crippen molar-refractivity contribution in [2.45, 2.75) is 17.7 Å². The van der Waals surface area contributed by atoms with Crippen LogP contribution in [0.2, 0.25) is 0 Å². The van der Waals surface area contributed by atoms with Gasteiger partial charge in [0.25, 0.3) is 10.0 Å². The molecule has 5 rings (SSSR count). The molecule has 0 bridgehead atoms. The lowest BCUT2D eigenvalue weighted by Gasteiger charge is -2.18. The first-order valence-corrected chi connectivity index (χ1v) is 12.7. The molecule has 0 aromatic heterocycles. The van der Waals surface area contributed by atoms with Crippen molar-refractivity contribution in [1.82, 2.24) is 0 Å². The van der Waals surface area contributed by atoms with Gasteiger partial charge in [0.05, 0.1) is 24.5 Å². The van der Waals surface area contributed by atoms with Crippen molar-refractivity contribution >= 4 is 27.3 Å². The second kappa shape index (κ2) is 9.75. The Morgan fingerprint density at radius 2 is 1.31 bits per heavy atom. The molecule has 9 nitrogen and oxygen atoms in total. The van der Waals surface area contributed by atoms with E-state index in [0.29, 0.717) is 60.8 Å². The Balaban J connectivity index is 1.21. The van der Waals surface area contributed by atoms with Gasteiger partial charge >= 0.3 is 0 Å². The van der Waals surface area contributed by atoms with Crippen LogP contribution in [0.25, 0.3) is 0 Å². The second-order valence-corrected chi connectivity index (χ2v) is 9.73. The number of carbonyl (C=O) groups excluding carboxylic acids is 1. The Kier molecular flexibility index (Phi) is 6.37. The summed E-state index contributed by atoms with van der Waals surface area (Å²) >= 11 is 0. The first-order chi connectivity index (χ1) is 17.0. The zero-order chi connectivity index (χ0) is 24.3. The minimum Gasteiger partial charge on any atom is -0.490 e. The largest absolute Gasteiger partial charge is 0.490 e. The number of anilines is 2. The number of hydrogen-bond acceptors (Lipinski definition) is 7. The number of amides is 1. The Morgan fingerprint density at radius 3 is 2.09 bits per heavy atom. The lowest BCUT2D eigenvalue weighted by Crippen LogP contribution is -2.17. The predicted octanol–water partition coefficient (Wildman–Crippen LogP) is 3.60. The second-order valence-electron chi connectivity index (χ2n) is 8.04. The maximum absolute atomic E-state index is 12.8. The summed E-state index contributed by atoms with van der Waals surface area (Å²) in [5, 5.41) is 2.81. The highest BCUT2D eigenvalue weighted by Gasteiger charge is 2.19. The fourth-order valence-electron chi connectivity index (χ4n) is 3.73. The van der Waals surface area contributed by atoms with Crippen molar-refractivity contribution in [1.29, 1.82) is 0 Å². The summed E-state index contributed by atoms with van der Waals surface area (Å²) in [4.78, 5) is 12.5. The molecule has 0 atom stereocenters. The first-order valence-electron chi connectivity index (χ1n) is 11.2. The standard InChI is InChI=1S/C25H24N2O7S/c28-25(15-17-2-8-21-23(14-17)34-13-12-33-21)26-18-3-5-19(6-4-18)27-35(29,30)20-7-9-22-24(16-20)32-11-1-10-31-22/h2-9,14,16,27H,1,10-13,15H2,(H,26,28). The summed E-state index contributed by atoms with van der Waals surface area (Å²) < 4.78 is 50.4. The van der Waals surface area contributed by atoms with Gasteiger partial charge in [-0.05, 0) is 54.1 Å². The number of ether oxygens (including phenoxy) is 4. The molecular formula is C25H24N2O7S. The first kappa shape index (κ1) is 22.9. The molecule has 3 aromatic rings. The van der Waals surface area contributed by atoms with Gasteiger partial charge in [-0.3, -0.25) is 9.52 Å². The predicted molar refractivity (Wildman–Crippen MR) is 129 cm³/mol. The molecule has 2 heterocycles. The number of fused-ring (bicyclic) bond motifs is 2. The summed E-state index contributed by atoms with van der Waals surface area (Å²) in [6.45, 7) is 1.98. The van der Waals surface area contributed by atoms with E-state index >= 15 is 0 Å². The number of sulfonamides is 1. The Bertz CT molecular complexity index is 1340. The van der Waals surface area contributed by atoms with Crippen molar-refractivity contribution in [3.63, 3.8) is 0 Å². The monoisotopic (exact) mass is 496 g/mol. The highest BCUT2D eigenvalue weighted by atomic mass is 32.2. The van der Waals surface area contributed by atoms with Crippen LogP contribution in [-0.2, 0) is 21.2 Å². The molecule has 0 unspecified atom stereocenters. The molecule has 0 aliphatic carbocycles. The lowest BCUT2D eigenvalue weighted by atomic mass is 10.1. The van der Waals surface area contributed by atoms with Crippen molar-refractivity contribution in [3.05, 3.63) is 66.2 Å².